The second-order valence-corrected chi connectivity index (χ2v) is 17.8. The van der Waals surface area contributed by atoms with Crippen molar-refractivity contribution < 1.29 is 62.8 Å². The molecule has 0 aromatic heterocycles. The highest BCUT2D eigenvalue weighted by Crippen LogP contribution is 2.41. The highest BCUT2D eigenvalue weighted by atomic mass is 16.7. The van der Waals surface area contributed by atoms with E-state index in [0.29, 0.717) is 12.8 Å². The Labute approximate surface area is 335 Å². The van der Waals surface area contributed by atoms with Crippen LogP contribution in [0.15, 0.2) is 0 Å². The molecule has 3 heterocycles. The summed E-state index contributed by atoms with van der Waals surface area (Å²) in [7, 11) is 8.75. The predicted octanol–water partition coefficient (Wildman–Crippen LogP) is 3.13. The van der Waals surface area contributed by atoms with Gasteiger partial charge in [0.1, 0.15) is 30.0 Å². The van der Waals surface area contributed by atoms with Crippen LogP contribution in [0.3, 0.4) is 0 Å². The lowest BCUT2D eigenvalue weighted by molar-refractivity contribution is -0.321. The van der Waals surface area contributed by atoms with Gasteiger partial charge in [0, 0.05) is 53.2 Å². The molecular weight excluding hydrogens is 728 g/mol. The number of hydrogen-bond acceptors (Lipinski definition) is 14. The third-order valence-electron chi connectivity index (χ3n) is 13.0. The van der Waals surface area contributed by atoms with E-state index in [1.165, 1.54) is 21.0 Å². The second-order valence-electron chi connectivity index (χ2n) is 17.8. The lowest BCUT2D eigenvalue weighted by Gasteiger charge is -2.50. The number of ether oxygens (including phenoxy) is 8. The Morgan fingerprint density at radius 2 is 1.52 bits per heavy atom. The molecule has 0 bridgehead atoms. The Morgan fingerprint density at radius 3 is 2.04 bits per heavy atom. The molecule has 15 nitrogen and oxygen atoms in total. The van der Waals surface area contributed by atoms with Gasteiger partial charge in [-0.25, -0.2) is 0 Å². The lowest BCUT2D eigenvalue weighted by atomic mass is 9.77. The lowest BCUT2D eigenvalue weighted by Crippen LogP contribution is -2.61. The molecule has 3 aliphatic heterocycles. The summed E-state index contributed by atoms with van der Waals surface area (Å²) in [4.78, 5) is 31.3. The fraction of sp³-hybridized carbons (Fsp3) is 0.951. The molecule has 18 atom stereocenters. The molecule has 0 aromatic carbocycles. The zero-order valence-corrected chi connectivity index (χ0v) is 37.0. The molecule has 15 heteroatoms. The predicted molar refractivity (Wildman–Crippen MR) is 209 cm³/mol. The third-order valence-corrected chi connectivity index (χ3v) is 13.0. The average Bonchev–Trinajstić information content (AvgIpc) is 3.13. The molecule has 0 unspecified atom stereocenters. The Kier molecular flexibility index (Phi) is 17.2. The van der Waals surface area contributed by atoms with Crippen LogP contribution in [0.5, 0.6) is 0 Å². The molecule has 3 saturated heterocycles. The first-order valence-corrected chi connectivity index (χ1v) is 20.4. The van der Waals surface area contributed by atoms with Gasteiger partial charge >= 0.3 is 5.97 Å². The highest BCUT2D eigenvalue weighted by molar-refractivity contribution is 5.74. The number of esters is 1. The minimum atomic E-state index is -1.93. The molecule has 0 aromatic rings. The zero-order chi connectivity index (χ0) is 42.7. The van der Waals surface area contributed by atoms with Crippen LogP contribution >= 0.6 is 0 Å². The summed E-state index contributed by atoms with van der Waals surface area (Å²) in [6.45, 7) is 19.6. The number of hydrogen-bond donors (Lipinski definition) is 3. The van der Waals surface area contributed by atoms with Crippen molar-refractivity contribution in [2.45, 2.75) is 192 Å². The molecule has 3 N–H and O–H groups in total. The van der Waals surface area contributed by atoms with Crippen molar-refractivity contribution >= 4 is 11.9 Å². The maximum atomic E-state index is 14.4. The molecule has 0 saturated carbocycles. The van der Waals surface area contributed by atoms with Gasteiger partial charge < -0.3 is 63.0 Å². The summed E-state index contributed by atoms with van der Waals surface area (Å²) in [6, 6.07) is -0.874. The minimum absolute atomic E-state index is 0.0360. The largest absolute Gasteiger partial charge is 0.459 e. The van der Waals surface area contributed by atoms with E-state index in [0.717, 1.165) is 0 Å². The number of aliphatic hydroxyl groups excluding tert-OH is 2. The van der Waals surface area contributed by atoms with Gasteiger partial charge in [0.2, 0.25) is 5.91 Å². The average molecular weight is 805 g/mol. The smallest absolute Gasteiger partial charge is 0.311 e. The first-order chi connectivity index (χ1) is 25.9. The normalized spacial score (nSPS) is 46.5. The van der Waals surface area contributed by atoms with E-state index in [9.17, 15) is 24.9 Å². The molecule has 328 valence electrons. The van der Waals surface area contributed by atoms with E-state index < -0.39 is 96.0 Å². The Hall–Kier alpha value is -1.50. The number of likely N-dealkylation sites (N-methyl/N-ethyl adjacent to an activating group) is 1. The molecule has 0 aliphatic carbocycles. The Balaban J connectivity index is 2.27. The number of nitrogens with zero attached hydrogens (tertiary/aromatic N) is 2. The van der Waals surface area contributed by atoms with Gasteiger partial charge in [-0.1, -0.05) is 20.8 Å². The number of aliphatic hydroxyl groups is 3. The Morgan fingerprint density at radius 1 is 0.911 bits per heavy atom. The quantitative estimate of drug-likeness (QED) is 0.290. The van der Waals surface area contributed by atoms with Gasteiger partial charge in [-0.2, -0.15) is 0 Å². The number of rotatable bonds is 9. The van der Waals surface area contributed by atoms with Crippen molar-refractivity contribution in [3.05, 3.63) is 0 Å². The fourth-order valence-electron chi connectivity index (χ4n) is 9.34. The molecular formula is C41H76N2O13. The van der Waals surface area contributed by atoms with Crippen molar-refractivity contribution in [3.63, 3.8) is 0 Å². The first kappa shape index (κ1) is 48.9. The molecule has 0 spiro atoms. The summed E-state index contributed by atoms with van der Waals surface area (Å²) in [5.41, 5.74) is -4.03. The summed E-state index contributed by atoms with van der Waals surface area (Å²) >= 11 is 0. The van der Waals surface area contributed by atoms with Crippen molar-refractivity contribution in [1.82, 2.24) is 9.80 Å². The van der Waals surface area contributed by atoms with Crippen LogP contribution in [0.2, 0.25) is 0 Å². The van der Waals surface area contributed by atoms with Crippen LogP contribution in [-0.4, -0.2) is 169 Å². The maximum absolute atomic E-state index is 14.4. The standard InChI is InChI=1S/C41H76N2O13/c1-17-30-41(11,48)34(45)26(6)43(28(8)44)21-22(2)19-40(10,51-16)36(56-38-33(49-14)29(42(12)13)18-23(3)52-38)24(4)32(25(5)37(47)54-30)55-31-20-39(9,50-15)35(46)27(7)53-31/h22-27,29-36,38,45-46,48H,17-21H2,1-16H3/t22-,23-,24+,25-,26-,27+,29+,30-,31+,32+,33-,34-,35+,36-,38+,39-,40+,41-/m1/s1. The van der Waals surface area contributed by atoms with Crippen LogP contribution in [-0.2, 0) is 47.5 Å². The van der Waals surface area contributed by atoms with Gasteiger partial charge in [-0.05, 0) is 87.7 Å². The summed E-state index contributed by atoms with van der Waals surface area (Å²) < 4.78 is 51.1. The first-order valence-electron chi connectivity index (χ1n) is 20.4. The summed E-state index contributed by atoms with van der Waals surface area (Å²) in [6.07, 6.45) is -6.99. The van der Waals surface area contributed by atoms with Gasteiger partial charge in [0.25, 0.3) is 0 Å². The van der Waals surface area contributed by atoms with Crippen LogP contribution in [0, 0.1) is 17.8 Å². The van der Waals surface area contributed by atoms with Gasteiger partial charge in [0.05, 0.1) is 47.6 Å². The molecule has 1 amide bonds. The van der Waals surface area contributed by atoms with E-state index in [-0.39, 0.29) is 43.4 Å². The fourth-order valence-corrected chi connectivity index (χ4v) is 9.34. The van der Waals surface area contributed by atoms with E-state index in [4.69, 9.17) is 37.9 Å². The maximum Gasteiger partial charge on any atom is 0.311 e. The molecule has 3 rings (SSSR count). The van der Waals surface area contributed by atoms with Gasteiger partial charge in [-0.3, -0.25) is 9.59 Å². The van der Waals surface area contributed by atoms with Crippen LogP contribution in [0.25, 0.3) is 0 Å². The molecule has 3 fully saturated rings. The topological polar surface area (TPSA) is 175 Å². The van der Waals surface area contributed by atoms with Gasteiger partial charge in [0.15, 0.2) is 12.6 Å². The number of methoxy groups -OCH3 is 3. The number of carbonyl (C=O) groups excluding carboxylic acids is 2. The van der Waals surface area contributed by atoms with Crippen molar-refractivity contribution in [2.24, 2.45) is 17.8 Å². The number of carbonyl (C=O) groups is 2. The molecule has 56 heavy (non-hydrogen) atoms. The van der Waals surface area contributed by atoms with Crippen molar-refractivity contribution in [3.8, 4) is 0 Å². The SMILES string of the molecule is CC[C@H]1OC(=O)[C@H](C)[C@@H](O[C@H]2C[C@@](C)(OC)[C@@H](O)[C@H](C)O2)[C@H](C)[C@@H](O[C@@H]2O[C@H](C)C[C@H](N(C)C)[C@H]2OC)[C@@](C)(OC)C[C@@H](C)CN(C(C)=O)[C@H](C)[C@@H](O)[C@]1(C)O. The molecule has 3 aliphatic rings. The molecule has 0 radical (unpaired) electrons. The van der Waals surface area contributed by atoms with Gasteiger partial charge in [-0.15, -0.1) is 0 Å². The van der Waals surface area contributed by atoms with Crippen LogP contribution in [0.1, 0.15) is 102 Å². The van der Waals surface area contributed by atoms with E-state index >= 15 is 0 Å². The van der Waals surface area contributed by atoms with Crippen molar-refractivity contribution in [1.29, 1.82) is 0 Å². The van der Waals surface area contributed by atoms with Crippen LogP contribution in [0.4, 0.5) is 0 Å². The zero-order valence-electron chi connectivity index (χ0n) is 37.0. The van der Waals surface area contributed by atoms with E-state index in [1.807, 2.05) is 41.8 Å². The summed E-state index contributed by atoms with van der Waals surface area (Å²) in [5.74, 6) is -2.79. The van der Waals surface area contributed by atoms with E-state index in [1.54, 1.807) is 53.7 Å². The highest BCUT2D eigenvalue weighted by Gasteiger charge is 2.53. The Bertz CT molecular complexity index is 1270. The van der Waals surface area contributed by atoms with E-state index in [2.05, 4.69) is 4.90 Å². The number of amides is 1. The minimum Gasteiger partial charge on any atom is -0.459 e. The van der Waals surface area contributed by atoms with Crippen LogP contribution < -0.4 is 0 Å². The number of cyclic esters (lactones) is 1. The summed E-state index contributed by atoms with van der Waals surface area (Å²) in [5, 5.41) is 34.6. The van der Waals surface area contributed by atoms with Crippen molar-refractivity contribution in [2.75, 3.05) is 42.0 Å². The monoisotopic (exact) mass is 805 g/mol. The third kappa shape index (κ3) is 10.6. The second kappa shape index (κ2) is 19.7.